The van der Waals surface area contributed by atoms with Crippen LogP contribution in [0, 0.1) is 0 Å². The van der Waals surface area contributed by atoms with Crippen molar-refractivity contribution in [2.75, 3.05) is 12.3 Å². The smallest absolute Gasteiger partial charge is 0.352 e. The first-order valence-corrected chi connectivity index (χ1v) is 8.35. The minimum absolute atomic E-state index is 0.0449. The van der Waals surface area contributed by atoms with E-state index in [9.17, 15) is 13.2 Å². The molecule has 0 spiro atoms. The molecule has 0 saturated carbocycles. The highest BCUT2D eigenvalue weighted by molar-refractivity contribution is 8.01. The summed E-state index contributed by atoms with van der Waals surface area (Å²) < 4.78 is 26.5. The average molecular weight is 304 g/mol. The Labute approximate surface area is 116 Å². The number of thioether (sulfide) groups is 1. The highest BCUT2D eigenvalue weighted by Crippen LogP contribution is 2.37. The summed E-state index contributed by atoms with van der Waals surface area (Å²) in [5, 5.41) is 8.76. The number of sulfonamides is 1. The second kappa shape index (κ2) is 5.18. The zero-order valence-electron chi connectivity index (χ0n) is 10.5. The van der Waals surface area contributed by atoms with Crippen molar-refractivity contribution in [3.8, 4) is 0 Å². The molecule has 1 aromatic heterocycles. The van der Waals surface area contributed by atoms with Crippen molar-refractivity contribution in [1.29, 1.82) is 0 Å². The number of carboxylic acids is 1. The van der Waals surface area contributed by atoms with Crippen LogP contribution in [-0.2, 0) is 10.0 Å². The maximum Gasteiger partial charge on any atom is 0.352 e. The maximum absolute atomic E-state index is 12.0. The molecule has 0 bridgehead atoms. The molecule has 1 atom stereocenters. The Bertz CT molecular complexity index is 573. The van der Waals surface area contributed by atoms with Crippen LogP contribution in [0.5, 0.6) is 0 Å². The molecule has 19 heavy (non-hydrogen) atoms. The molecule has 1 aromatic rings. The first-order valence-electron chi connectivity index (χ1n) is 5.88. The van der Waals surface area contributed by atoms with Crippen LogP contribution < -0.4 is 4.72 Å². The number of aromatic carboxylic acids is 1. The summed E-state index contributed by atoms with van der Waals surface area (Å²) in [6, 6.07) is 1.12. The van der Waals surface area contributed by atoms with E-state index in [1.165, 1.54) is 6.20 Å². The molecular formula is C11H16N2O4S2. The molecule has 3 N–H and O–H groups in total. The Kier molecular flexibility index (Phi) is 3.93. The van der Waals surface area contributed by atoms with Crippen molar-refractivity contribution >= 4 is 27.8 Å². The van der Waals surface area contributed by atoms with Gasteiger partial charge in [-0.2, -0.15) is 11.8 Å². The molecule has 1 aliphatic rings. The van der Waals surface area contributed by atoms with Crippen molar-refractivity contribution < 1.29 is 18.3 Å². The number of aromatic amines is 1. The topological polar surface area (TPSA) is 99.3 Å². The third kappa shape index (κ3) is 3.31. The molecule has 0 aliphatic carbocycles. The lowest BCUT2D eigenvalue weighted by molar-refractivity contribution is 0.0691. The standard InChI is InChI=1S/C11H16N2O4S2/c1-11(3-2-4-18-11)7-13-19(16,17)8-5-9(10(14)15)12-6-8/h5-6,12-13H,2-4,7H2,1H3,(H,14,15). The summed E-state index contributed by atoms with van der Waals surface area (Å²) in [4.78, 5) is 13.1. The van der Waals surface area contributed by atoms with Gasteiger partial charge in [0.05, 0.1) is 0 Å². The predicted molar refractivity (Wildman–Crippen MR) is 73.0 cm³/mol. The van der Waals surface area contributed by atoms with Gasteiger partial charge in [-0.25, -0.2) is 17.9 Å². The fourth-order valence-electron chi connectivity index (χ4n) is 1.96. The molecule has 2 heterocycles. The minimum atomic E-state index is -3.66. The number of hydrogen-bond acceptors (Lipinski definition) is 4. The van der Waals surface area contributed by atoms with Crippen LogP contribution in [0.15, 0.2) is 17.2 Å². The van der Waals surface area contributed by atoms with Crippen LogP contribution in [0.2, 0.25) is 0 Å². The molecule has 1 aliphatic heterocycles. The van der Waals surface area contributed by atoms with Crippen LogP contribution in [0.3, 0.4) is 0 Å². The lowest BCUT2D eigenvalue weighted by Crippen LogP contribution is -2.36. The zero-order valence-corrected chi connectivity index (χ0v) is 12.1. The van der Waals surface area contributed by atoms with Crippen molar-refractivity contribution in [2.24, 2.45) is 0 Å². The van der Waals surface area contributed by atoms with Gasteiger partial charge in [0.15, 0.2) is 0 Å². The number of carboxylic acid groups (broad SMARTS) is 1. The van der Waals surface area contributed by atoms with Gasteiger partial charge in [0.1, 0.15) is 10.6 Å². The van der Waals surface area contributed by atoms with Crippen LogP contribution in [0.1, 0.15) is 30.3 Å². The number of carbonyl (C=O) groups is 1. The van der Waals surface area contributed by atoms with Gasteiger partial charge in [0, 0.05) is 17.5 Å². The zero-order chi connectivity index (χ0) is 14.1. The van der Waals surface area contributed by atoms with E-state index in [1.807, 2.05) is 6.92 Å². The van der Waals surface area contributed by atoms with Crippen LogP contribution in [-0.4, -0.2) is 41.5 Å². The van der Waals surface area contributed by atoms with Gasteiger partial charge in [-0.1, -0.05) is 0 Å². The molecule has 1 saturated heterocycles. The molecule has 0 amide bonds. The Morgan fingerprint density at radius 3 is 2.89 bits per heavy atom. The van der Waals surface area contributed by atoms with Crippen molar-refractivity contribution in [2.45, 2.75) is 29.4 Å². The first-order chi connectivity index (χ1) is 8.82. The van der Waals surface area contributed by atoms with Crippen molar-refractivity contribution in [3.05, 3.63) is 18.0 Å². The molecule has 1 unspecified atom stereocenters. The predicted octanol–water partition coefficient (Wildman–Crippen LogP) is 1.28. The maximum atomic E-state index is 12.0. The van der Waals surface area contributed by atoms with E-state index in [4.69, 9.17) is 5.11 Å². The quantitative estimate of drug-likeness (QED) is 0.761. The van der Waals surface area contributed by atoms with Crippen LogP contribution >= 0.6 is 11.8 Å². The van der Waals surface area contributed by atoms with E-state index < -0.39 is 16.0 Å². The molecule has 1 fully saturated rings. The summed E-state index contributed by atoms with van der Waals surface area (Å²) in [6.07, 6.45) is 3.26. The van der Waals surface area contributed by atoms with Gasteiger partial charge in [-0.05, 0) is 31.6 Å². The Morgan fingerprint density at radius 2 is 2.37 bits per heavy atom. The van der Waals surface area contributed by atoms with Crippen LogP contribution in [0.25, 0.3) is 0 Å². The highest BCUT2D eigenvalue weighted by Gasteiger charge is 2.31. The van der Waals surface area contributed by atoms with Crippen molar-refractivity contribution in [1.82, 2.24) is 9.71 Å². The van der Waals surface area contributed by atoms with E-state index in [0.29, 0.717) is 6.54 Å². The number of nitrogens with one attached hydrogen (secondary N) is 2. The SMILES string of the molecule is CC1(CNS(=O)(=O)c2c[nH]c(C(=O)O)c2)CCCS1. The van der Waals surface area contributed by atoms with E-state index in [0.717, 1.165) is 24.7 Å². The summed E-state index contributed by atoms with van der Waals surface area (Å²) in [6.45, 7) is 2.39. The van der Waals surface area contributed by atoms with Gasteiger partial charge in [0.25, 0.3) is 0 Å². The second-order valence-electron chi connectivity index (χ2n) is 4.78. The summed E-state index contributed by atoms with van der Waals surface area (Å²) in [5.74, 6) is -0.134. The van der Waals surface area contributed by atoms with E-state index in [1.54, 1.807) is 11.8 Å². The average Bonchev–Trinajstić information content (AvgIpc) is 2.96. The molecule has 6 nitrogen and oxygen atoms in total. The first kappa shape index (κ1) is 14.4. The Morgan fingerprint density at radius 1 is 1.63 bits per heavy atom. The van der Waals surface area contributed by atoms with E-state index >= 15 is 0 Å². The summed E-state index contributed by atoms with van der Waals surface area (Å²) >= 11 is 1.76. The summed E-state index contributed by atoms with van der Waals surface area (Å²) in [7, 11) is -3.66. The van der Waals surface area contributed by atoms with E-state index in [-0.39, 0.29) is 15.3 Å². The lowest BCUT2D eigenvalue weighted by atomic mass is 10.1. The Hall–Kier alpha value is -0.990. The molecule has 0 aromatic carbocycles. The summed E-state index contributed by atoms with van der Waals surface area (Å²) in [5.41, 5.74) is -0.137. The lowest BCUT2D eigenvalue weighted by Gasteiger charge is -2.22. The fraction of sp³-hybridized carbons (Fsp3) is 0.545. The van der Waals surface area contributed by atoms with Gasteiger partial charge in [0.2, 0.25) is 10.0 Å². The number of H-pyrrole nitrogens is 1. The fourth-order valence-corrected chi connectivity index (χ4v) is 4.46. The number of aromatic nitrogens is 1. The minimum Gasteiger partial charge on any atom is -0.477 e. The highest BCUT2D eigenvalue weighted by atomic mass is 32.2. The third-order valence-electron chi connectivity index (χ3n) is 3.13. The van der Waals surface area contributed by atoms with Gasteiger partial charge < -0.3 is 10.1 Å². The molecule has 2 rings (SSSR count). The second-order valence-corrected chi connectivity index (χ2v) is 8.23. The van der Waals surface area contributed by atoms with Gasteiger partial charge >= 0.3 is 5.97 Å². The number of hydrogen-bond donors (Lipinski definition) is 3. The van der Waals surface area contributed by atoms with Gasteiger partial charge in [-0.15, -0.1) is 0 Å². The van der Waals surface area contributed by atoms with E-state index in [2.05, 4.69) is 9.71 Å². The molecule has 8 heteroatoms. The van der Waals surface area contributed by atoms with Crippen LogP contribution in [0.4, 0.5) is 0 Å². The van der Waals surface area contributed by atoms with Gasteiger partial charge in [-0.3, -0.25) is 0 Å². The molecule has 106 valence electrons. The Balaban J connectivity index is 2.07. The normalized spacial score (nSPS) is 23.6. The monoisotopic (exact) mass is 304 g/mol. The molecular weight excluding hydrogens is 288 g/mol. The van der Waals surface area contributed by atoms with Crippen molar-refractivity contribution in [3.63, 3.8) is 0 Å². The number of rotatable bonds is 5. The molecule has 0 radical (unpaired) electrons. The third-order valence-corrected chi connectivity index (χ3v) is 6.05. The largest absolute Gasteiger partial charge is 0.477 e.